The Morgan fingerprint density at radius 3 is 2.84 bits per heavy atom. The molecule has 3 aromatic rings. The molecular weight excluding hydrogens is 241 g/mol. The first-order valence-electron chi connectivity index (χ1n) is 5.83. The van der Waals surface area contributed by atoms with Crippen LogP contribution in [0.5, 0.6) is 0 Å². The lowest BCUT2D eigenvalue weighted by atomic mass is 10.1. The molecule has 0 radical (unpaired) electrons. The van der Waals surface area contributed by atoms with Crippen LogP contribution < -0.4 is 0 Å². The molecule has 0 aliphatic heterocycles. The zero-order valence-corrected chi connectivity index (χ0v) is 9.99. The van der Waals surface area contributed by atoms with Crippen molar-refractivity contribution < 1.29 is 4.39 Å². The van der Waals surface area contributed by atoms with Crippen molar-refractivity contribution in [1.82, 2.24) is 15.2 Å². The second-order valence-corrected chi connectivity index (χ2v) is 4.05. The van der Waals surface area contributed by atoms with Crippen LogP contribution in [0.4, 0.5) is 4.39 Å². The van der Waals surface area contributed by atoms with Gasteiger partial charge in [0.05, 0.1) is 17.4 Å². The third-order valence-corrected chi connectivity index (χ3v) is 2.75. The minimum Gasteiger partial charge on any atom is -0.257 e. The van der Waals surface area contributed by atoms with Gasteiger partial charge in [-0.1, -0.05) is 12.1 Å². The third kappa shape index (κ3) is 2.47. The molecule has 4 heteroatoms. The molecule has 0 amide bonds. The number of benzene rings is 1. The molecule has 0 unspecified atom stereocenters. The normalized spacial score (nSPS) is 11.2. The van der Waals surface area contributed by atoms with Crippen molar-refractivity contribution in [2.75, 3.05) is 0 Å². The van der Waals surface area contributed by atoms with Crippen molar-refractivity contribution in [2.45, 2.75) is 0 Å². The lowest BCUT2D eigenvalue weighted by Crippen LogP contribution is -1.88. The summed E-state index contributed by atoms with van der Waals surface area (Å²) in [5, 5.41) is 8.62. The molecule has 0 spiro atoms. The number of rotatable bonds is 2. The van der Waals surface area contributed by atoms with Crippen LogP contribution >= 0.6 is 0 Å². The van der Waals surface area contributed by atoms with E-state index in [9.17, 15) is 4.39 Å². The summed E-state index contributed by atoms with van der Waals surface area (Å²) in [5.74, 6) is -0.284. The molecule has 0 aliphatic carbocycles. The summed E-state index contributed by atoms with van der Waals surface area (Å²) < 4.78 is 13.3. The average molecular weight is 251 g/mol. The van der Waals surface area contributed by atoms with Gasteiger partial charge in [0.15, 0.2) is 0 Å². The molecule has 0 saturated carbocycles. The van der Waals surface area contributed by atoms with Crippen LogP contribution in [0.1, 0.15) is 11.3 Å². The Morgan fingerprint density at radius 2 is 2.00 bits per heavy atom. The summed E-state index contributed by atoms with van der Waals surface area (Å²) >= 11 is 0. The van der Waals surface area contributed by atoms with Gasteiger partial charge in [-0.25, -0.2) is 4.39 Å². The van der Waals surface area contributed by atoms with Crippen LogP contribution in [-0.2, 0) is 0 Å². The van der Waals surface area contributed by atoms with Crippen molar-refractivity contribution >= 4 is 23.1 Å². The molecule has 0 N–H and O–H groups in total. The maximum absolute atomic E-state index is 13.3. The standard InChI is InChI=1S/C15H10FN3/c16-12-5-7-15-14(9-12)11(10-18-19-15)4-6-13-3-1-2-8-17-13/h1-10H. The molecule has 92 valence electrons. The number of hydrogen-bond acceptors (Lipinski definition) is 3. The van der Waals surface area contributed by atoms with Crippen molar-refractivity contribution in [2.24, 2.45) is 0 Å². The van der Waals surface area contributed by atoms with Gasteiger partial charge in [0.25, 0.3) is 0 Å². The van der Waals surface area contributed by atoms with Crippen LogP contribution in [0.3, 0.4) is 0 Å². The van der Waals surface area contributed by atoms with Crippen LogP contribution in [0.15, 0.2) is 48.8 Å². The number of pyridine rings is 1. The summed E-state index contributed by atoms with van der Waals surface area (Å²) in [6.45, 7) is 0. The van der Waals surface area contributed by atoms with Gasteiger partial charge in [-0.3, -0.25) is 4.98 Å². The molecule has 2 heterocycles. The van der Waals surface area contributed by atoms with Gasteiger partial charge in [-0.2, -0.15) is 10.2 Å². The third-order valence-electron chi connectivity index (χ3n) is 2.75. The van der Waals surface area contributed by atoms with E-state index in [2.05, 4.69) is 15.2 Å². The van der Waals surface area contributed by atoms with Crippen molar-refractivity contribution in [1.29, 1.82) is 0 Å². The monoisotopic (exact) mass is 251 g/mol. The van der Waals surface area contributed by atoms with Crippen LogP contribution in [-0.4, -0.2) is 15.2 Å². The largest absolute Gasteiger partial charge is 0.257 e. The van der Waals surface area contributed by atoms with Crippen molar-refractivity contribution in [3.05, 3.63) is 65.9 Å². The van der Waals surface area contributed by atoms with Gasteiger partial charge in [0.1, 0.15) is 5.82 Å². The molecule has 1 aromatic carbocycles. The zero-order chi connectivity index (χ0) is 13.1. The maximum Gasteiger partial charge on any atom is 0.123 e. The fraction of sp³-hybridized carbons (Fsp3) is 0. The number of nitrogens with zero attached hydrogens (tertiary/aromatic N) is 3. The van der Waals surface area contributed by atoms with Crippen molar-refractivity contribution in [3.8, 4) is 0 Å². The minimum atomic E-state index is -0.284. The first kappa shape index (κ1) is 11.5. The Hall–Kier alpha value is -2.62. The Bertz CT molecular complexity index is 739. The molecule has 0 aliphatic rings. The molecule has 0 saturated heterocycles. The van der Waals surface area contributed by atoms with Crippen molar-refractivity contribution in [3.63, 3.8) is 0 Å². The smallest absolute Gasteiger partial charge is 0.123 e. The molecule has 0 bridgehead atoms. The molecule has 3 nitrogen and oxygen atoms in total. The van der Waals surface area contributed by atoms with E-state index >= 15 is 0 Å². The van der Waals surface area contributed by atoms with E-state index in [1.54, 1.807) is 18.5 Å². The molecule has 3 rings (SSSR count). The van der Waals surface area contributed by atoms with Crippen LogP contribution in [0, 0.1) is 5.82 Å². The molecule has 0 atom stereocenters. The van der Waals surface area contributed by atoms with Gasteiger partial charge < -0.3 is 0 Å². The van der Waals surface area contributed by atoms with E-state index in [0.717, 1.165) is 16.6 Å². The van der Waals surface area contributed by atoms with Gasteiger partial charge >= 0.3 is 0 Å². The van der Waals surface area contributed by atoms with E-state index in [0.29, 0.717) is 5.52 Å². The van der Waals surface area contributed by atoms with Gasteiger partial charge in [0, 0.05) is 17.1 Å². The summed E-state index contributed by atoms with van der Waals surface area (Å²) in [6.07, 6.45) is 7.06. The number of fused-ring (bicyclic) bond motifs is 1. The van der Waals surface area contributed by atoms with E-state index in [-0.39, 0.29) is 5.82 Å². The number of aromatic nitrogens is 3. The Balaban J connectivity index is 2.06. The highest BCUT2D eigenvalue weighted by atomic mass is 19.1. The average Bonchev–Trinajstić information content (AvgIpc) is 2.46. The van der Waals surface area contributed by atoms with E-state index in [1.807, 2.05) is 30.4 Å². The molecular formula is C15H10FN3. The SMILES string of the molecule is Fc1ccc2nncc(C=Cc3ccccn3)c2c1. The summed E-state index contributed by atoms with van der Waals surface area (Å²) in [7, 11) is 0. The van der Waals surface area contributed by atoms with Crippen LogP contribution in [0.2, 0.25) is 0 Å². The lowest BCUT2D eigenvalue weighted by Gasteiger charge is -2.00. The molecule has 2 aromatic heterocycles. The summed E-state index contributed by atoms with van der Waals surface area (Å²) in [5.41, 5.74) is 2.32. The van der Waals surface area contributed by atoms with Crippen LogP contribution in [0.25, 0.3) is 23.1 Å². The highest BCUT2D eigenvalue weighted by molar-refractivity contribution is 5.89. The Labute approximate surface area is 109 Å². The second kappa shape index (κ2) is 4.94. The number of halogens is 1. The van der Waals surface area contributed by atoms with Gasteiger partial charge in [0.2, 0.25) is 0 Å². The zero-order valence-electron chi connectivity index (χ0n) is 9.99. The van der Waals surface area contributed by atoms with E-state index in [4.69, 9.17) is 0 Å². The predicted molar refractivity (Wildman–Crippen MR) is 72.7 cm³/mol. The quantitative estimate of drug-likeness (QED) is 0.701. The Morgan fingerprint density at radius 1 is 1.05 bits per heavy atom. The van der Waals surface area contributed by atoms with Gasteiger partial charge in [-0.15, -0.1) is 0 Å². The number of hydrogen-bond donors (Lipinski definition) is 0. The molecule has 0 fully saturated rings. The first-order valence-corrected chi connectivity index (χ1v) is 5.83. The fourth-order valence-corrected chi connectivity index (χ4v) is 1.83. The van der Waals surface area contributed by atoms with E-state index < -0.39 is 0 Å². The lowest BCUT2D eigenvalue weighted by molar-refractivity contribution is 0.629. The summed E-state index contributed by atoms with van der Waals surface area (Å²) in [4.78, 5) is 4.19. The predicted octanol–water partition coefficient (Wildman–Crippen LogP) is 3.33. The Kier molecular flexibility index (Phi) is 2.98. The highest BCUT2D eigenvalue weighted by Crippen LogP contribution is 2.18. The van der Waals surface area contributed by atoms with Gasteiger partial charge in [-0.05, 0) is 36.4 Å². The maximum atomic E-state index is 13.3. The summed E-state index contributed by atoms with van der Waals surface area (Å²) in [6, 6.07) is 10.1. The fourth-order valence-electron chi connectivity index (χ4n) is 1.83. The van der Waals surface area contributed by atoms with E-state index in [1.165, 1.54) is 12.1 Å². The highest BCUT2D eigenvalue weighted by Gasteiger charge is 2.01. The topological polar surface area (TPSA) is 38.7 Å². The minimum absolute atomic E-state index is 0.284. The second-order valence-electron chi connectivity index (χ2n) is 4.05. The first-order chi connectivity index (χ1) is 9.33. The molecule has 19 heavy (non-hydrogen) atoms.